The molecule has 0 radical (unpaired) electrons. The van der Waals surface area contributed by atoms with Crippen molar-refractivity contribution in [3.05, 3.63) is 0 Å². The largest absolute Gasteiger partial charge is 0.342 e. The van der Waals surface area contributed by atoms with E-state index in [1.165, 1.54) is 32.5 Å². The first-order valence-corrected chi connectivity index (χ1v) is 7.93. The minimum absolute atomic E-state index is 0.292. The fourth-order valence-corrected chi connectivity index (χ4v) is 3.23. The summed E-state index contributed by atoms with van der Waals surface area (Å²) in [6, 6.07) is 0. The minimum Gasteiger partial charge on any atom is -0.342 e. The van der Waals surface area contributed by atoms with Crippen molar-refractivity contribution in [3.63, 3.8) is 0 Å². The summed E-state index contributed by atoms with van der Waals surface area (Å²) in [5.74, 6) is 0.963. The zero-order valence-corrected chi connectivity index (χ0v) is 13.0. The van der Waals surface area contributed by atoms with Gasteiger partial charge in [0, 0.05) is 38.0 Å². The van der Waals surface area contributed by atoms with Crippen molar-refractivity contribution < 1.29 is 4.79 Å². The first-order valence-electron chi connectivity index (χ1n) is 7.30. The van der Waals surface area contributed by atoms with E-state index < -0.39 is 0 Å². The molecular weight excluding hydrogens is 244 g/mol. The molecule has 2 heterocycles. The molecule has 0 aromatic heterocycles. The van der Waals surface area contributed by atoms with Gasteiger partial charge in [-0.2, -0.15) is 12.6 Å². The van der Waals surface area contributed by atoms with Gasteiger partial charge in [0.1, 0.15) is 0 Å². The lowest BCUT2D eigenvalue weighted by atomic mass is 9.79. The number of likely N-dealkylation sites (tertiary alicyclic amines) is 2. The van der Waals surface area contributed by atoms with Crippen LogP contribution in [-0.2, 0) is 4.79 Å². The molecule has 2 aliphatic rings. The van der Waals surface area contributed by atoms with Crippen molar-refractivity contribution >= 4 is 18.5 Å². The number of nitrogens with zero attached hydrogens (tertiary/aromatic N) is 2. The molecule has 2 aliphatic heterocycles. The van der Waals surface area contributed by atoms with Gasteiger partial charge in [-0.1, -0.05) is 20.8 Å². The van der Waals surface area contributed by atoms with Crippen LogP contribution in [0.15, 0.2) is 0 Å². The normalized spacial score (nSPS) is 21.4. The summed E-state index contributed by atoms with van der Waals surface area (Å²) >= 11 is 4.12. The van der Waals surface area contributed by atoms with E-state index in [2.05, 4.69) is 24.5 Å². The topological polar surface area (TPSA) is 23.6 Å². The molecule has 1 spiro atoms. The third kappa shape index (κ3) is 3.64. The molecule has 2 saturated heterocycles. The Labute approximate surface area is 117 Å². The summed E-state index contributed by atoms with van der Waals surface area (Å²) in [7, 11) is 0. The quantitative estimate of drug-likeness (QED) is 0.794. The Hall–Kier alpha value is -0.220. The van der Waals surface area contributed by atoms with Gasteiger partial charge in [-0.15, -0.1) is 0 Å². The number of thiol groups is 1. The maximum absolute atomic E-state index is 11.7. The van der Waals surface area contributed by atoms with Crippen molar-refractivity contribution in [2.24, 2.45) is 5.41 Å². The van der Waals surface area contributed by atoms with Gasteiger partial charge in [0.15, 0.2) is 0 Å². The molecule has 18 heavy (non-hydrogen) atoms. The van der Waals surface area contributed by atoms with Gasteiger partial charge in [-0.3, -0.25) is 4.79 Å². The van der Waals surface area contributed by atoms with Gasteiger partial charge < -0.3 is 9.80 Å². The summed E-state index contributed by atoms with van der Waals surface area (Å²) in [6.45, 7) is 11.8. The number of amides is 1. The maximum atomic E-state index is 11.7. The third-order valence-electron chi connectivity index (χ3n) is 3.77. The number of hydrogen-bond acceptors (Lipinski definition) is 3. The zero-order chi connectivity index (χ0) is 13.6. The van der Waals surface area contributed by atoms with Crippen LogP contribution in [0.1, 0.15) is 40.0 Å². The second kappa shape index (κ2) is 7.39. The van der Waals surface area contributed by atoms with Gasteiger partial charge in [0.05, 0.1) is 0 Å². The molecule has 106 valence electrons. The van der Waals surface area contributed by atoms with Gasteiger partial charge in [0.25, 0.3) is 0 Å². The highest BCUT2D eigenvalue weighted by Crippen LogP contribution is 2.39. The van der Waals surface area contributed by atoms with Crippen LogP contribution in [0.5, 0.6) is 0 Å². The highest BCUT2D eigenvalue weighted by molar-refractivity contribution is 7.80. The summed E-state index contributed by atoms with van der Waals surface area (Å²) in [6.07, 6.45) is 3.03. The Morgan fingerprint density at radius 3 is 2.50 bits per heavy atom. The van der Waals surface area contributed by atoms with Gasteiger partial charge in [-0.05, 0) is 25.1 Å². The molecule has 0 aromatic carbocycles. The number of carbonyl (C=O) groups is 1. The lowest BCUT2D eigenvalue weighted by Crippen LogP contribution is -2.57. The SMILES string of the molecule is CC.CCCN1CC2(CCN(C(=O)CCS)C2)C1. The molecule has 3 nitrogen and oxygen atoms in total. The predicted octanol–water partition coefficient (Wildman–Crippen LogP) is 2.28. The molecule has 0 unspecified atom stereocenters. The van der Waals surface area contributed by atoms with Crippen LogP contribution in [0.2, 0.25) is 0 Å². The van der Waals surface area contributed by atoms with Crippen LogP contribution >= 0.6 is 12.6 Å². The molecule has 4 heteroatoms. The Morgan fingerprint density at radius 1 is 1.28 bits per heavy atom. The van der Waals surface area contributed by atoms with Crippen LogP contribution < -0.4 is 0 Å². The first kappa shape index (κ1) is 15.8. The van der Waals surface area contributed by atoms with E-state index in [0.29, 0.717) is 23.5 Å². The van der Waals surface area contributed by atoms with E-state index in [1.807, 2.05) is 18.7 Å². The average molecular weight is 272 g/mol. The van der Waals surface area contributed by atoms with Crippen molar-refractivity contribution in [2.45, 2.75) is 40.0 Å². The monoisotopic (exact) mass is 272 g/mol. The third-order valence-corrected chi connectivity index (χ3v) is 4.00. The summed E-state index contributed by atoms with van der Waals surface area (Å²) < 4.78 is 0. The Bertz CT molecular complexity index is 265. The summed E-state index contributed by atoms with van der Waals surface area (Å²) in [5, 5.41) is 0. The second-order valence-electron chi connectivity index (χ2n) is 5.25. The lowest BCUT2D eigenvalue weighted by Gasteiger charge is -2.48. The molecule has 2 rings (SSSR count). The maximum Gasteiger partial charge on any atom is 0.223 e. The van der Waals surface area contributed by atoms with Crippen LogP contribution in [0, 0.1) is 5.41 Å². The van der Waals surface area contributed by atoms with E-state index in [0.717, 1.165) is 13.1 Å². The minimum atomic E-state index is 0.292. The molecular formula is C14H28N2OS. The smallest absolute Gasteiger partial charge is 0.223 e. The van der Waals surface area contributed by atoms with E-state index in [1.54, 1.807) is 0 Å². The predicted molar refractivity (Wildman–Crippen MR) is 80.2 cm³/mol. The van der Waals surface area contributed by atoms with Crippen molar-refractivity contribution in [1.29, 1.82) is 0 Å². The Balaban J connectivity index is 0.000000771. The fraction of sp³-hybridized carbons (Fsp3) is 0.929. The molecule has 0 saturated carbocycles. The Kier molecular flexibility index (Phi) is 6.50. The van der Waals surface area contributed by atoms with Crippen LogP contribution in [-0.4, -0.2) is 54.2 Å². The van der Waals surface area contributed by atoms with Crippen molar-refractivity contribution in [2.75, 3.05) is 38.5 Å². The molecule has 0 aliphatic carbocycles. The molecule has 0 N–H and O–H groups in total. The van der Waals surface area contributed by atoms with Crippen molar-refractivity contribution in [3.8, 4) is 0 Å². The fourth-order valence-electron chi connectivity index (χ4n) is 3.04. The second-order valence-corrected chi connectivity index (χ2v) is 5.70. The van der Waals surface area contributed by atoms with Gasteiger partial charge in [-0.25, -0.2) is 0 Å². The highest BCUT2D eigenvalue weighted by Gasteiger charge is 2.47. The summed E-state index contributed by atoms with van der Waals surface area (Å²) in [4.78, 5) is 16.3. The molecule has 0 atom stereocenters. The van der Waals surface area contributed by atoms with E-state index in [4.69, 9.17) is 0 Å². The molecule has 1 amide bonds. The first-order chi connectivity index (χ1) is 8.69. The van der Waals surface area contributed by atoms with Crippen LogP contribution in [0.4, 0.5) is 0 Å². The number of rotatable bonds is 4. The van der Waals surface area contributed by atoms with Crippen molar-refractivity contribution in [1.82, 2.24) is 9.80 Å². The highest BCUT2D eigenvalue weighted by atomic mass is 32.1. The number of carbonyl (C=O) groups excluding carboxylic acids is 1. The van der Waals surface area contributed by atoms with Gasteiger partial charge in [0.2, 0.25) is 5.91 Å². The number of hydrogen-bond donors (Lipinski definition) is 1. The zero-order valence-electron chi connectivity index (χ0n) is 12.1. The standard InChI is InChI=1S/C12H22N2OS.C2H6/c1-2-5-13-8-12(9-13)4-6-14(10-12)11(15)3-7-16;1-2/h16H,2-10H2,1H3;1-2H3. The van der Waals surface area contributed by atoms with Gasteiger partial charge >= 0.3 is 0 Å². The average Bonchev–Trinajstić information content (AvgIpc) is 2.77. The molecule has 2 fully saturated rings. The van der Waals surface area contributed by atoms with E-state index in [9.17, 15) is 4.79 Å². The van der Waals surface area contributed by atoms with E-state index in [-0.39, 0.29) is 0 Å². The van der Waals surface area contributed by atoms with E-state index >= 15 is 0 Å². The van der Waals surface area contributed by atoms with Crippen LogP contribution in [0.25, 0.3) is 0 Å². The lowest BCUT2D eigenvalue weighted by molar-refractivity contribution is -0.130. The summed E-state index contributed by atoms with van der Waals surface area (Å²) in [5.41, 5.74) is 0.446. The molecule has 0 bridgehead atoms. The Morgan fingerprint density at radius 2 is 1.94 bits per heavy atom. The molecule has 0 aromatic rings. The van der Waals surface area contributed by atoms with Crippen LogP contribution in [0.3, 0.4) is 0 Å².